The Hall–Kier alpha value is -0.500. The van der Waals surface area contributed by atoms with E-state index < -0.39 is 0 Å². The Labute approximate surface area is 63.3 Å². The van der Waals surface area contributed by atoms with Crippen molar-refractivity contribution in [1.29, 1.82) is 0 Å². The van der Waals surface area contributed by atoms with Gasteiger partial charge < -0.3 is 10.1 Å². The van der Waals surface area contributed by atoms with E-state index >= 15 is 0 Å². The van der Waals surface area contributed by atoms with Crippen molar-refractivity contribution in [2.75, 3.05) is 13.7 Å². The summed E-state index contributed by atoms with van der Waals surface area (Å²) in [5.74, 6) is 0. The second-order valence-electron chi connectivity index (χ2n) is 2.65. The molecule has 0 fully saturated rings. The lowest BCUT2D eigenvalue weighted by atomic mass is 10.3. The zero-order valence-corrected chi connectivity index (χ0v) is 7.11. The van der Waals surface area contributed by atoms with Gasteiger partial charge in [0.1, 0.15) is 0 Å². The monoisotopic (exact) mass is 143 g/mol. The van der Waals surface area contributed by atoms with Crippen molar-refractivity contribution in [3.05, 3.63) is 12.3 Å². The lowest BCUT2D eigenvalue weighted by Crippen LogP contribution is -2.21. The molecule has 0 aliphatic rings. The maximum atomic E-state index is 4.89. The van der Waals surface area contributed by atoms with Crippen molar-refractivity contribution in [3.63, 3.8) is 0 Å². The van der Waals surface area contributed by atoms with Gasteiger partial charge in [0.25, 0.3) is 0 Å². The van der Waals surface area contributed by atoms with Crippen LogP contribution in [0, 0.1) is 0 Å². The van der Waals surface area contributed by atoms with Gasteiger partial charge in [0, 0.05) is 25.3 Å². The van der Waals surface area contributed by atoms with Gasteiger partial charge in [0.15, 0.2) is 0 Å². The van der Waals surface area contributed by atoms with Gasteiger partial charge in [-0.15, -0.1) is 0 Å². The number of rotatable bonds is 5. The summed E-state index contributed by atoms with van der Waals surface area (Å²) in [6.07, 6.45) is 0.897. The molecule has 0 aromatic heterocycles. The SMILES string of the molecule is C=C(CCOC)NC(C)C. The predicted molar refractivity (Wildman–Crippen MR) is 43.9 cm³/mol. The molecule has 0 radical (unpaired) electrons. The maximum Gasteiger partial charge on any atom is 0.0516 e. The maximum absolute atomic E-state index is 4.89. The van der Waals surface area contributed by atoms with E-state index in [-0.39, 0.29) is 0 Å². The summed E-state index contributed by atoms with van der Waals surface area (Å²) in [4.78, 5) is 0. The Morgan fingerprint density at radius 1 is 1.60 bits per heavy atom. The van der Waals surface area contributed by atoms with Crippen LogP contribution in [0.3, 0.4) is 0 Å². The molecule has 0 aliphatic carbocycles. The number of hydrogen-bond acceptors (Lipinski definition) is 2. The van der Waals surface area contributed by atoms with Crippen LogP contribution < -0.4 is 5.32 Å². The van der Waals surface area contributed by atoms with Crippen LogP contribution in [0.15, 0.2) is 12.3 Å². The minimum atomic E-state index is 0.476. The molecule has 60 valence electrons. The lowest BCUT2D eigenvalue weighted by molar-refractivity contribution is 0.200. The summed E-state index contributed by atoms with van der Waals surface area (Å²) in [6.45, 7) is 8.78. The third-order valence-electron chi connectivity index (χ3n) is 1.10. The van der Waals surface area contributed by atoms with Crippen molar-refractivity contribution < 1.29 is 4.74 Å². The molecule has 10 heavy (non-hydrogen) atoms. The molecular formula is C8H17NO. The zero-order chi connectivity index (χ0) is 7.98. The highest BCUT2D eigenvalue weighted by Gasteiger charge is 1.94. The molecule has 0 aliphatic heterocycles. The average molecular weight is 143 g/mol. The number of ether oxygens (including phenoxy) is 1. The predicted octanol–water partition coefficient (Wildman–Crippen LogP) is 1.53. The Kier molecular flexibility index (Phi) is 5.03. The summed E-state index contributed by atoms with van der Waals surface area (Å²) in [5.41, 5.74) is 1.05. The Balaban J connectivity index is 3.26. The zero-order valence-electron chi connectivity index (χ0n) is 7.11. The van der Waals surface area contributed by atoms with E-state index in [1.54, 1.807) is 7.11 Å². The summed E-state index contributed by atoms with van der Waals surface area (Å²) >= 11 is 0. The van der Waals surface area contributed by atoms with Crippen LogP contribution in [0.2, 0.25) is 0 Å². The van der Waals surface area contributed by atoms with Gasteiger partial charge >= 0.3 is 0 Å². The normalized spacial score (nSPS) is 10.0. The van der Waals surface area contributed by atoms with Crippen LogP contribution >= 0.6 is 0 Å². The molecule has 1 N–H and O–H groups in total. The van der Waals surface area contributed by atoms with Crippen LogP contribution in [-0.2, 0) is 4.74 Å². The van der Waals surface area contributed by atoms with Crippen molar-refractivity contribution >= 4 is 0 Å². The first-order valence-corrected chi connectivity index (χ1v) is 3.60. The molecule has 0 aromatic rings. The summed E-state index contributed by atoms with van der Waals surface area (Å²) in [6, 6.07) is 0.476. The van der Waals surface area contributed by atoms with Crippen molar-refractivity contribution in [2.45, 2.75) is 26.3 Å². The van der Waals surface area contributed by atoms with Gasteiger partial charge in [-0.05, 0) is 13.8 Å². The van der Waals surface area contributed by atoms with Crippen molar-refractivity contribution in [1.82, 2.24) is 5.32 Å². The highest BCUT2D eigenvalue weighted by atomic mass is 16.5. The summed E-state index contributed by atoms with van der Waals surface area (Å²) in [7, 11) is 1.70. The third-order valence-corrected chi connectivity index (χ3v) is 1.10. The summed E-state index contributed by atoms with van der Waals surface area (Å²) in [5, 5.41) is 3.20. The highest BCUT2D eigenvalue weighted by Crippen LogP contribution is 1.94. The minimum Gasteiger partial charge on any atom is -0.387 e. The van der Waals surface area contributed by atoms with Gasteiger partial charge in [0.05, 0.1) is 6.61 Å². The average Bonchev–Trinajstić information content (AvgIpc) is 1.82. The molecule has 0 saturated heterocycles. The van der Waals surface area contributed by atoms with Crippen LogP contribution in [0.4, 0.5) is 0 Å². The molecule has 0 unspecified atom stereocenters. The second kappa shape index (κ2) is 5.30. The Bertz CT molecular complexity index is 99.4. The van der Waals surface area contributed by atoms with Gasteiger partial charge in [-0.3, -0.25) is 0 Å². The molecule has 0 aromatic carbocycles. The highest BCUT2D eigenvalue weighted by molar-refractivity contribution is 4.91. The Morgan fingerprint density at radius 3 is 2.60 bits per heavy atom. The quantitative estimate of drug-likeness (QED) is 0.630. The molecule has 0 amide bonds. The molecule has 2 heteroatoms. The molecule has 0 bridgehead atoms. The topological polar surface area (TPSA) is 21.3 Å². The first-order chi connectivity index (χ1) is 4.66. The largest absolute Gasteiger partial charge is 0.387 e. The van der Waals surface area contributed by atoms with Crippen LogP contribution in [0.5, 0.6) is 0 Å². The number of methoxy groups -OCH3 is 1. The second-order valence-corrected chi connectivity index (χ2v) is 2.65. The molecule has 0 rings (SSSR count). The van der Waals surface area contributed by atoms with Crippen LogP contribution in [0.25, 0.3) is 0 Å². The molecule has 0 saturated carbocycles. The van der Waals surface area contributed by atoms with E-state index in [9.17, 15) is 0 Å². The number of hydrogen-bond donors (Lipinski definition) is 1. The van der Waals surface area contributed by atoms with E-state index in [0.717, 1.165) is 18.7 Å². The van der Waals surface area contributed by atoms with E-state index in [1.165, 1.54) is 0 Å². The smallest absolute Gasteiger partial charge is 0.0516 e. The lowest BCUT2D eigenvalue weighted by Gasteiger charge is -2.11. The third kappa shape index (κ3) is 5.63. The standard InChI is InChI=1S/C8H17NO/c1-7(2)9-8(3)5-6-10-4/h7,9H,3,5-6H2,1-2,4H3. The van der Waals surface area contributed by atoms with E-state index in [2.05, 4.69) is 25.7 Å². The van der Waals surface area contributed by atoms with Crippen molar-refractivity contribution in [3.8, 4) is 0 Å². The van der Waals surface area contributed by atoms with Gasteiger partial charge in [-0.2, -0.15) is 0 Å². The fourth-order valence-electron chi connectivity index (χ4n) is 0.706. The summed E-state index contributed by atoms with van der Waals surface area (Å²) < 4.78 is 4.89. The first kappa shape index (κ1) is 9.50. The van der Waals surface area contributed by atoms with Crippen LogP contribution in [-0.4, -0.2) is 19.8 Å². The number of nitrogens with one attached hydrogen (secondary N) is 1. The van der Waals surface area contributed by atoms with E-state index in [1.807, 2.05) is 0 Å². The van der Waals surface area contributed by atoms with Crippen LogP contribution in [0.1, 0.15) is 20.3 Å². The molecule has 0 atom stereocenters. The fourth-order valence-corrected chi connectivity index (χ4v) is 0.706. The molecular weight excluding hydrogens is 126 g/mol. The molecule has 0 spiro atoms. The van der Waals surface area contributed by atoms with E-state index in [4.69, 9.17) is 4.74 Å². The van der Waals surface area contributed by atoms with Gasteiger partial charge in [-0.1, -0.05) is 6.58 Å². The minimum absolute atomic E-state index is 0.476. The van der Waals surface area contributed by atoms with Gasteiger partial charge in [-0.25, -0.2) is 0 Å². The van der Waals surface area contributed by atoms with E-state index in [0.29, 0.717) is 6.04 Å². The molecule has 2 nitrogen and oxygen atoms in total. The molecule has 0 heterocycles. The fraction of sp³-hybridized carbons (Fsp3) is 0.750. The Morgan fingerprint density at radius 2 is 2.20 bits per heavy atom. The van der Waals surface area contributed by atoms with Gasteiger partial charge in [0.2, 0.25) is 0 Å². The van der Waals surface area contributed by atoms with Crippen molar-refractivity contribution in [2.24, 2.45) is 0 Å². The first-order valence-electron chi connectivity index (χ1n) is 3.60.